The minimum Gasteiger partial charge on any atom is -0.458 e. The highest BCUT2D eigenvalue weighted by atomic mass is 32.2. The molecule has 0 atom stereocenters. The highest BCUT2D eigenvalue weighted by Gasteiger charge is 2.29. The third kappa shape index (κ3) is 3.75. The highest BCUT2D eigenvalue weighted by molar-refractivity contribution is 7.89. The van der Waals surface area contributed by atoms with E-state index in [1.54, 1.807) is 13.8 Å². The van der Waals surface area contributed by atoms with E-state index in [1.165, 1.54) is 7.11 Å². The number of rotatable bonds is 6. The molecule has 0 amide bonds. The van der Waals surface area contributed by atoms with Crippen LogP contribution in [0, 0.1) is 0 Å². The van der Waals surface area contributed by atoms with Gasteiger partial charge in [-0.25, -0.2) is 18.4 Å². The normalized spacial score (nSPS) is 11.8. The Labute approximate surface area is 111 Å². The summed E-state index contributed by atoms with van der Waals surface area (Å²) < 4.78 is 32.7. The third-order valence-corrected chi connectivity index (χ3v) is 3.31. The zero-order chi connectivity index (χ0) is 14.6. The molecular formula is C10H17N3O5S. The molecule has 0 unspecified atom stereocenters. The Morgan fingerprint density at radius 2 is 2.05 bits per heavy atom. The zero-order valence-electron chi connectivity index (χ0n) is 11.0. The number of nitrogens with zero attached hydrogens (tertiary/aromatic N) is 1. The molecule has 0 aromatic carbocycles. The Hall–Kier alpha value is -1.45. The monoisotopic (exact) mass is 291 g/mol. The summed E-state index contributed by atoms with van der Waals surface area (Å²) in [6, 6.07) is 0. The number of methoxy groups -OCH3 is 1. The number of hydrogen-bond donors (Lipinski definition) is 2. The summed E-state index contributed by atoms with van der Waals surface area (Å²) in [4.78, 5) is 11.4. The minimum absolute atomic E-state index is 0.00324. The third-order valence-electron chi connectivity index (χ3n) is 2.32. The van der Waals surface area contributed by atoms with Crippen LogP contribution in [0.4, 0.5) is 0 Å². The predicted molar refractivity (Wildman–Crippen MR) is 66.2 cm³/mol. The molecule has 19 heavy (non-hydrogen) atoms. The van der Waals surface area contributed by atoms with Crippen molar-refractivity contribution in [1.29, 1.82) is 0 Å². The quantitative estimate of drug-likeness (QED) is 0.560. The average Bonchev–Trinajstić information content (AvgIpc) is 2.73. The number of H-pyrrole nitrogens is 1. The van der Waals surface area contributed by atoms with Crippen molar-refractivity contribution in [2.75, 3.05) is 20.3 Å². The fourth-order valence-corrected chi connectivity index (χ4v) is 2.44. The van der Waals surface area contributed by atoms with Gasteiger partial charge in [0.15, 0.2) is 5.69 Å². The van der Waals surface area contributed by atoms with Crippen LogP contribution in [0.2, 0.25) is 0 Å². The van der Waals surface area contributed by atoms with Crippen molar-refractivity contribution in [2.24, 2.45) is 5.14 Å². The molecule has 0 radical (unpaired) electrons. The number of sulfonamides is 1. The van der Waals surface area contributed by atoms with Gasteiger partial charge in [0.1, 0.15) is 11.5 Å². The number of nitrogens with one attached hydrogen (secondary N) is 1. The Bertz CT molecular complexity index is 550. The molecule has 3 N–H and O–H groups in total. The Kier molecular flexibility index (Phi) is 5.04. The molecule has 0 saturated carbocycles. The summed E-state index contributed by atoms with van der Waals surface area (Å²) in [7, 11) is -2.61. The van der Waals surface area contributed by atoms with E-state index in [0.29, 0.717) is 0 Å². The molecule has 1 heterocycles. The molecule has 0 aliphatic rings. The molecule has 9 heteroatoms. The minimum atomic E-state index is -4.07. The van der Waals surface area contributed by atoms with Crippen LogP contribution in [0.5, 0.6) is 0 Å². The van der Waals surface area contributed by atoms with Gasteiger partial charge >= 0.3 is 5.97 Å². The molecule has 0 spiro atoms. The van der Waals surface area contributed by atoms with E-state index in [-0.39, 0.29) is 35.4 Å². The maximum absolute atomic E-state index is 11.7. The van der Waals surface area contributed by atoms with Crippen molar-refractivity contribution in [1.82, 2.24) is 10.2 Å². The van der Waals surface area contributed by atoms with Crippen LogP contribution in [-0.4, -0.2) is 44.9 Å². The molecule has 8 nitrogen and oxygen atoms in total. The molecule has 0 saturated heterocycles. The van der Waals surface area contributed by atoms with Crippen LogP contribution in [0.3, 0.4) is 0 Å². The first kappa shape index (κ1) is 15.6. The lowest BCUT2D eigenvalue weighted by atomic mass is 10.1. The highest BCUT2D eigenvalue weighted by Crippen LogP contribution is 2.24. The fraction of sp³-hybridized carbons (Fsp3) is 0.600. The van der Waals surface area contributed by atoms with Crippen molar-refractivity contribution in [3.63, 3.8) is 0 Å². The van der Waals surface area contributed by atoms with E-state index in [1.807, 2.05) is 0 Å². The largest absolute Gasteiger partial charge is 0.458 e. The van der Waals surface area contributed by atoms with E-state index >= 15 is 0 Å². The molecule has 0 fully saturated rings. The molecule has 108 valence electrons. The van der Waals surface area contributed by atoms with E-state index < -0.39 is 16.0 Å². The van der Waals surface area contributed by atoms with Gasteiger partial charge in [0.2, 0.25) is 10.0 Å². The molecule has 1 aromatic heterocycles. The number of nitrogens with two attached hydrogens (primary N) is 1. The number of carbonyl (C=O) groups is 1. The van der Waals surface area contributed by atoms with E-state index in [2.05, 4.69) is 10.2 Å². The fourth-order valence-electron chi connectivity index (χ4n) is 1.45. The number of aromatic amines is 1. The second-order valence-electron chi connectivity index (χ2n) is 4.14. The molecular weight excluding hydrogens is 274 g/mol. The van der Waals surface area contributed by atoms with Crippen LogP contribution >= 0.6 is 0 Å². The number of ether oxygens (including phenoxy) is 2. The lowest BCUT2D eigenvalue weighted by Gasteiger charge is -2.06. The van der Waals surface area contributed by atoms with Crippen LogP contribution < -0.4 is 5.14 Å². The summed E-state index contributed by atoms with van der Waals surface area (Å²) in [5.41, 5.74) is -0.0523. The smallest absolute Gasteiger partial charge is 0.360 e. The van der Waals surface area contributed by atoms with Crippen molar-refractivity contribution >= 4 is 16.0 Å². The molecule has 0 bridgehead atoms. The first-order valence-electron chi connectivity index (χ1n) is 5.56. The van der Waals surface area contributed by atoms with Crippen molar-refractivity contribution < 1.29 is 22.7 Å². The topological polar surface area (TPSA) is 124 Å². The van der Waals surface area contributed by atoms with Gasteiger partial charge in [-0.3, -0.25) is 5.10 Å². The van der Waals surface area contributed by atoms with Gasteiger partial charge < -0.3 is 9.47 Å². The lowest BCUT2D eigenvalue weighted by molar-refractivity contribution is 0.0377. The standard InChI is InChI=1S/C10H17N3O5S/c1-6(2)7-9(19(11,15)16)8(13-12-7)10(14)18-5-4-17-3/h6H,4-5H2,1-3H3,(H,12,13)(H2,11,15,16). The summed E-state index contributed by atoms with van der Waals surface area (Å²) in [5, 5.41) is 11.3. The maximum atomic E-state index is 11.7. The Morgan fingerprint density at radius 1 is 1.42 bits per heavy atom. The van der Waals surface area contributed by atoms with Crippen LogP contribution in [0.25, 0.3) is 0 Å². The van der Waals surface area contributed by atoms with E-state index in [0.717, 1.165) is 0 Å². The first-order valence-corrected chi connectivity index (χ1v) is 7.10. The molecule has 0 aliphatic carbocycles. The number of aromatic nitrogens is 2. The Morgan fingerprint density at radius 3 is 2.53 bits per heavy atom. The first-order chi connectivity index (χ1) is 8.79. The van der Waals surface area contributed by atoms with Crippen LogP contribution in [0.15, 0.2) is 4.90 Å². The van der Waals surface area contributed by atoms with Gasteiger partial charge in [-0.1, -0.05) is 13.8 Å². The summed E-state index contributed by atoms with van der Waals surface area (Å²) in [6.45, 7) is 3.71. The van der Waals surface area contributed by atoms with Crippen LogP contribution in [-0.2, 0) is 19.5 Å². The van der Waals surface area contributed by atoms with Crippen molar-refractivity contribution in [2.45, 2.75) is 24.7 Å². The van der Waals surface area contributed by atoms with Gasteiger partial charge in [-0.05, 0) is 5.92 Å². The second-order valence-corrected chi connectivity index (χ2v) is 5.64. The second kappa shape index (κ2) is 6.13. The van der Waals surface area contributed by atoms with Gasteiger partial charge in [0.25, 0.3) is 0 Å². The lowest BCUT2D eigenvalue weighted by Crippen LogP contribution is -2.19. The average molecular weight is 291 g/mol. The van der Waals surface area contributed by atoms with Gasteiger partial charge in [-0.2, -0.15) is 5.10 Å². The maximum Gasteiger partial charge on any atom is 0.360 e. The molecule has 0 aliphatic heterocycles. The van der Waals surface area contributed by atoms with Crippen molar-refractivity contribution in [3.05, 3.63) is 11.4 Å². The number of primary sulfonamides is 1. The zero-order valence-corrected chi connectivity index (χ0v) is 11.8. The molecule has 1 aromatic rings. The number of carbonyl (C=O) groups excluding carboxylic acids is 1. The summed E-state index contributed by atoms with van der Waals surface area (Å²) >= 11 is 0. The number of esters is 1. The summed E-state index contributed by atoms with van der Waals surface area (Å²) in [5.74, 6) is -1.04. The van der Waals surface area contributed by atoms with Crippen LogP contribution in [0.1, 0.15) is 35.9 Å². The van der Waals surface area contributed by atoms with Crippen molar-refractivity contribution in [3.8, 4) is 0 Å². The number of hydrogen-bond acceptors (Lipinski definition) is 6. The van der Waals surface area contributed by atoms with E-state index in [9.17, 15) is 13.2 Å². The summed E-state index contributed by atoms with van der Waals surface area (Å²) in [6.07, 6.45) is 0. The van der Waals surface area contributed by atoms with Gasteiger partial charge in [0.05, 0.1) is 12.3 Å². The predicted octanol–water partition coefficient (Wildman–Crippen LogP) is -0.0163. The van der Waals surface area contributed by atoms with Gasteiger partial charge in [0, 0.05) is 7.11 Å². The van der Waals surface area contributed by atoms with E-state index in [4.69, 9.17) is 14.6 Å². The Balaban J connectivity index is 3.12. The van der Waals surface area contributed by atoms with Gasteiger partial charge in [-0.15, -0.1) is 0 Å². The molecule has 1 rings (SSSR count). The SMILES string of the molecule is COCCOC(=O)c1n[nH]c(C(C)C)c1S(N)(=O)=O.